The predicted octanol–water partition coefficient (Wildman–Crippen LogP) is 4.17. The van der Waals surface area contributed by atoms with Crippen LogP contribution in [0.5, 0.6) is 0 Å². The largest absolute Gasteiger partial charge is 0.370 e. The Labute approximate surface area is 127 Å². The molecule has 2 N–H and O–H groups in total. The van der Waals surface area contributed by atoms with Gasteiger partial charge in [-0.3, -0.25) is 0 Å². The van der Waals surface area contributed by atoms with Gasteiger partial charge in [0.05, 0.1) is 0 Å². The number of hydrogen-bond acceptors (Lipinski definition) is 4. The van der Waals surface area contributed by atoms with Crippen LogP contribution in [-0.2, 0) is 12.8 Å². The van der Waals surface area contributed by atoms with E-state index >= 15 is 0 Å². The fourth-order valence-corrected chi connectivity index (χ4v) is 2.19. The van der Waals surface area contributed by atoms with Crippen molar-refractivity contribution in [1.29, 1.82) is 0 Å². The summed E-state index contributed by atoms with van der Waals surface area (Å²) in [5.74, 6) is 2.60. The molecule has 0 aliphatic carbocycles. The van der Waals surface area contributed by atoms with E-state index in [1.54, 1.807) is 0 Å². The fourth-order valence-electron chi connectivity index (χ4n) is 2.19. The van der Waals surface area contributed by atoms with Crippen molar-refractivity contribution in [3.8, 4) is 0 Å². The molecule has 112 valence electrons. The quantitative estimate of drug-likeness (QED) is 0.801. The molecule has 2 aromatic rings. The van der Waals surface area contributed by atoms with E-state index < -0.39 is 0 Å². The zero-order chi connectivity index (χ0) is 15.1. The minimum absolute atomic E-state index is 0.845. The van der Waals surface area contributed by atoms with E-state index in [4.69, 9.17) is 0 Å². The van der Waals surface area contributed by atoms with Gasteiger partial charge in [0.15, 0.2) is 0 Å². The van der Waals surface area contributed by atoms with Crippen LogP contribution in [0.25, 0.3) is 0 Å². The first-order chi connectivity index (χ1) is 10.2. The topological polar surface area (TPSA) is 49.8 Å². The first-order valence-corrected chi connectivity index (χ1v) is 7.73. The third-order valence-corrected chi connectivity index (χ3v) is 3.21. The van der Waals surface area contributed by atoms with Gasteiger partial charge in [-0.2, -0.15) is 0 Å². The summed E-state index contributed by atoms with van der Waals surface area (Å²) < 4.78 is 0. The van der Waals surface area contributed by atoms with E-state index in [0.717, 1.165) is 49.0 Å². The number of nitrogens with one attached hydrogen (secondary N) is 2. The lowest BCUT2D eigenvalue weighted by Gasteiger charge is -2.11. The van der Waals surface area contributed by atoms with Crippen molar-refractivity contribution in [3.63, 3.8) is 0 Å². The molecule has 0 atom stereocenters. The Bertz CT molecular complexity index is 557. The molecule has 0 unspecified atom stereocenters. The SMILES string of the molecule is CCCc1nc(NCC)cc(Nc2cccc(CC)c2)n1. The molecule has 0 saturated carbocycles. The Balaban J connectivity index is 2.24. The van der Waals surface area contributed by atoms with Crippen molar-refractivity contribution < 1.29 is 0 Å². The number of nitrogens with zero attached hydrogens (tertiary/aromatic N) is 2. The van der Waals surface area contributed by atoms with Crippen LogP contribution in [0.4, 0.5) is 17.3 Å². The average molecular weight is 284 g/mol. The van der Waals surface area contributed by atoms with Gasteiger partial charge in [-0.25, -0.2) is 9.97 Å². The summed E-state index contributed by atoms with van der Waals surface area (Å²) >= 11 is 0. The molecular formula is C17H24N4. The third kappa shape index (κ3) is 4.45. The van der Waals surface area contributed by atoms with E-state index in [2.05, 4.69) is 65.6 Å². The molecular weight excluding hydrogens is 260 g/mol. The lowest BCUT2D eigenvalue weighted by Crippen LogP contribution is -2.06. The van der Waals surface area contributed by atoms with Gasteiger partial charge in [0.25, 0.3) is 0 Å². The maximum absolute atomic E-state index is 4.59. The Kier molecular flexibility index (Phi) is 5.55. The molecule has 0 radical (unpaired) electrons. The van der Waals surface area contributed by atoms with E-state index in [1.807, 2.05) is 6.07 Å². The van der Waals surface area contributed by atoms with Gasteiger partial charge in [-0.05, 0) is 37.5 Å². The molecule has 4 nitrogen and oxygen atoms in total. The Morgan fingerprint density at radius 2 is 1.81 bits per heavy atom. The van der Waals surface area contributed by atoms with Crippen molar-refractivity contribution in [3.05, 3.63) is 41.7 Å². The van der Waals surface area contributed by atoms with Crippen LogP contribution < -0.4 is 10.6 Å². The van der Waals surface area contributed by atoms with Crippen LogP contribution in [0.2, 0.25) is 0 Å². The summed E-state index contributed by atoms with van der Waals surface area (Å²) in [5, 5.41) is 6.65. The molecule has 0 amide bonds. The summed E-state index contributed by atoms with van der Waals surface area (Å²) in [7, 11) is 0. The Morgan fingerprint density at radius 1 is 1.00 bits per heavy atom. The van der Waals surface area contributed by atoms with Crippen LogP contribution in [0.1, 0.15) is 38.6 Å². The highest BCUT2D eigenvalue weighted by atomic mass is 15.1. The second-order valence-corrected chi connectivity index (χ2v) is 5.01. The summed E-state index contributed by atoms with van der Waals surface area (Å²) in [5.41, 5.74) is 2.38. The van der Waals surface area contributed by atoms with Crippen LogP contribution in [0.3, 0.4) is 0 Å². The number of anilines is 3. The molecule has 0 aliphatic heterocycles. The van der Waals surface area contributed by atoms with Gasteiger partial charge in [0.2, 0.25) is 0 Å². The molecule has 4 heteroatoms. The number of aryl methyl sites for hydroxylation is 2. The van der Waals surface area contributed by atoms with E-state index in [-0.39, 0.29) is 0 Å². The lowest BCUT2D eigenvalue weighted by atomic mass is 10.1. The lowest BCUT2D eigenvalue weighted by molar-refractivity contribution is 0.836. The maximum atomic E-state index is 4.59. The monoisotopic (exact) mass is 284 g/mol. The summed E-state index contributed by atoms with van der Waals surface area (Å²) in [4.78, 5) is 9.12. The predicted molar refractivity (Wildman–Crippen MR) is 89.3 cm³/mol. The van der Waals surface area contributed by atoms with Crippen molar-refractivity contribution in [2.24, 2.45) is 0 Å². The zero-order valence-electron chi connectivity index (χ0n) is 13.1. The average Bonchev–Trinajstić information content (AvgIpc) is 2.48. The Hall–Kier alpha value is -2.10. The normalized spacial score (nSPS) is 10.4. The molecule has 21 heavy (non-hydrogen) atoms. The number of benzene rings is 1. The second kappa shape index (κ2) is 7.62. The number of hydrogen-bond donors (Lipinski definition) is 2. The van der Waals surface area contributed by atoms with Gasteiger partial charge >= 0.3 is 0 Å². The summed E-state index contributed by atoms with van der Waals surface area (Å²) in [6.45, 7) is 7.22. The van der Waals surface area contributed by atoms with E-state index in [9.17, 15) is 0 Å². The minimum atomic E-state index is 0.845. The molecule has 0 bridgehead atoms. The summed E-state index contributed by atoms with van der Waals surface area (Å²) in [6.07, 6.45) is 2.96. The zero-order valence-corrected chi connectivity index (χ0v) is 13.1. The van der Waals surface area contributed by atoms with Gasteiger partial charge in [0, 0.05) is 24.7 Å². The minimum Gasteiger partial charge on any atom is -0.370 e. The molecule has 1 aromatic carbocycles. The van der Waals surface area contributed by atoms with Gasteiger partial charge in [-0.15, -0.1) is 0 Å². The highest BCUT2D eigenvalue weighted by molar-refractivity contribution is 5.60. The number of aromatic nitrogens is 2. The van der Waals surface area contributed by atoms with Crippen molar-refractivity contribution in [1.82, 2.24) is 9.97 Å². The highest BCUT2D eigenvalue weighted by Gasteiger charge is 2.04. The van der Waals surface area contributed by atoms with Gasteiger partial charge in [-0.1, -0.05) is 26.0 Å². The van der Waals surface area contributed by atoms with Crippen molar-refractivity contribution in [2.45, 2.75) is 40.0 Å². The first-order valence-electron chi connectivity index (χ1n) is 7.73. The maximum Gasteiger partial charge on any atom is 0.136 e. The molecule has 1 heterocycles. The number of rotatable bonds is 7. The van der Waals surface area contributed by atoms with E-state index in [1.165, 1.54) is 5.56 Å². The van der Waals surface area contributed by atoms with Crippen LogP contribution in [0.15, 0.2) is 30.3 Å². The molecule has 0 fully saturated rings. The van der Waals surface area contributed by atoms with Crippen molar-refractivity contribution in [2.75, 3.05) is 17.2 Å². The fraction of sp³-hybridized carbons (Fsp3) is 0.412. The highest BCUT2D eigenvalue weighted by Crippen LogP contribution is 2.19. The van der Waals surface area contributed by atoms with Crippen LogP contribution >= 0.6 is 0 Å². The smallest absolute Gasteiger partial charge is 0.136 e. The molecule has 2 rings (SSSR count). The van der Waals surface area contributed by atoms with Gasteiger partial charge < -0.3 is 10.6 Å². The molecule has 0 spiro atoms. The molecule has 1 aromatic heterocycles. The molecule has 0 saturated heterocycles. The Morgan fingerprint density at radius 3 is 2.52 bits per heavy atom. The van der Waals surface area contributed by atoms with Crippen LogP contribution in [0, 0.1) is 0 Å². The van der Waals surface area contributed by atoms with Crippen LogP contribution in [-0.4, -0.2) is 16.5 Å². The standard InChI is InChI=1S/C17H24N4/c1-4-8-15-20-16(18-6-3)12-17(21-15)19-14-10-7-9-13(5-2)11-14/h7,9-12H,4-6,8H2,1-3H3,(H2,18,19,20,21). The van der Waals surface area contributed by atoms with E-state index in [0.29, 0.717) is 0 Å². The van der Waals surface area contributed by atoms with Gasteiger partial charge in [0.1, 0.15) is 17.5 Å². The third-order valence-electron chi connectivity index (χ3n) is 3.21. The summed E-state index contributed by atoms with van der Waals surface area (Å²) in [6, 6.07) is 10.4. The second-order valence-electron chi connectivity index (χ2n) is 5.01. The van der Waals surface area contributed by atoms with Crippen molar-refractivity contribution >= 4 is 17.3 Å². The molecule has 0 aliphatic rings. The first kappa shape index (κ1) is 15.3.